The highest BCUT2D eigenvalue weighted by Gasteiger charge is 2.59. The Morgan fingerprint density at radius 3 is 2.78 bits per heavy atom. The number of carbonyl (C=O) groups excluding carboxylic acids is 1. The van der Waals surface area contributed by atoms with E-state index in [0.29, 0.717) is 17.1 Å². The van der Waals surface area contributed by atoms with E-state index in [4.69, 9.17) is 0 Å². The van der Waals surface area contributed by atoms with E-state index in [-0.39, 0.29) is 0 Å². The summed E-state index contributed by atoms with van der Waals surface area (Å²) in [5, 5.41) is 0. The molecule has 0 aromatic carbocycles. The standard InChI is InChI=1S/C8H12O/c1-2-8-4-3-7(9)6(8)5-8/h6H,2-5H2,1H3/t6-,8-/m0/s1. The Labute approximate surface area is 55.4 Å². The Hall–Kier alpha value is -0.330. The van der Waals surface area contributed by atoms with Crippen LogP contribution >= 0.6 is 0 Å². The summed E-state index contributed by atoms with van der Waals surface area (Å²) < 4.78 is 0. The minimum atomic E-state index is 0.502. The SMILES string of the molecule is CC[C@@]12CCC(=O)[C@@H]1C2. The third kappa shape index (κ3) is 0.525. The van der Waals surface area contributed by atoms with Crippen LogP contribution in [-0.2, 0) is 4.79 Å². The summed E-state index contributed by atoms with van der Waals surface area (Å²) in [4.78, 5) is 11.0. The van der Waals surface area contributed by atoms with E-state index >= 15 is 0 Å². The van der Waals surface area contributed by atoms with Gasteiger partial charge in [-0.3, -0.25) is 4.79 Å². The first-order valence-electron chi connectivity index (χ1n) is 3.81. The normalized spacial score (nSPS) is 47.2. The van der Waals surface area contributed by atoms with Crippen LogP contribution in [0.4, 0.5) is 0 Å². The van der Waals surface area contributed by atoms with Gasteiger partial charge in [-0.1, -0.05) is 6.92 Å². The van der Waals surface area contributed by atoms with Gasteiger partial charge in [0.25, 0.3) is 0 Å². The van der Waals surface area contributed by atoms with Gasteiger partial charge >= 0.3 is 0 Å². The van der Waals surface area contributed by atoms with Crippen LogP contribution in [0.25, 0.3) is 0 Å². The number of Topliss-reactive ketones (excluding diaryl/α,β-unsaturated/α-hetero) is 1. The molecule has 2 saturated carbocycles. The van der Waals surface area contributed by atoms with Crippen molar-refractivity contribution in [3.8, 4) is 0 Å². The van der Waals surface area contributed by atoms with E-state index in [1.165, 1.54) is 19.3 Å². The highest BCUT2D eigenvalue weighted by molar-refractivity contribution is 5.87. The second kappa shape index (κ2) is 1.39. The molecule has 2 aliphatic carbocycles. The molecule has 2 aliphatic rings. The minimum absolute atomic E-state index is 0.502. The number of ketones is 1. The Morgan fingerprint density at radius 2 is 2.56 bits per heavy atom. The lowest BCUT2D eigenvalue weighted by Gasteiger charge is -2.03. The molecule has 0 radical (unpaired) electrons. The molecule has 0 aliphatic heterocycles. The summed E-state index contributed by atoms with van der Waals surface area (Å²) in [6, 6.07) is 0. The van der Waals surface area contributed by atoms with Crippen molar-refractivity contribution in [2.45, 2.75) is 32.6 Å². The lowest BCUT2D eigenvalue weighted by atomic mass is 10.0. The van der Waals surface area contributed by atoms with Crippen LogP contribution in [0.1, 0.15) is 32.6 Å². The van der Waals surface area contributed by atoms with Crippen molar-refractivity contribution in [1.82, 2.24) is 0 Å². The molecule has 0 aromatic rings. The van der Waals surface area contributed by atoms with Gasteiger partial charge in [-0.15, -0.1) is 0 Å². The molecule has 9 heavy (non-hydrogen) atoms. The van der Waals surface area contributed by atoms with Crippen molar-refractivity contribution in [3.05, 3.63) is 0 Å². The summed E-state index contributed by atoms with van der Waals surface area (Å²) in [6.45, 7) is 2.21. The Bertz CT molecular complexity index is 162. The molecule has 2 fully saturated rings. The molecule has 0 amide bonds. The van der Waals surface area contributed by atoms with Crippen LogP contribution in [0, 0.1) is 11.3 Å². The van der Waals surface area contributed by atoms with Crippen LogP contribution in [-0.4, -0.2) is 5.78 Å². The van der Waals surface area contributed by atoms with Crippen LogP contribution in [0.3, 0.4) is 0 Å². The molecule has 0 N–H and O–H groups in total. The molecule has 0 aromatic heterocycles. The molecule has 1 nitrogen and oxygen atoms in total. The number of hydrogen-bond acceptors (Lipinski definition) is 1. The second-order valence-corrected chi connectivity index (χ2v) is 3.44. The number of hydrogen-bond donors (Lipinski definition) is 0. The van der Waals surface area contributed by atoms with Gasteiger partial charge in [-0.05, 0) is 24.7 Å². The summed E-state index contributed by atoms with van der Waals surface area (Å²) in [7, 11) is 0. The van der Waals surface area contributed by atoms with Crippen molar-refractivity contribution in [2.75, 3.05) is 0 Å². The van der Waals surface area contributed by atoms with Gasteiger partial charge in [0.2, 0.25) is 0 Å². The van der Waals surface area contributed by atoms with Gasteiger partial charge in [0.15, 0.2) is 0 Å². The molecule has 50 valence electrons. The lowest BCUT2D eigenvalue weighted by Crippen LogP contribution is -1.94. The van der Waals surface area contributed by atoms with Crippen molar-refractivity contribution in [1.29, 1.82) is 0 Å². The van der Waals surface area contributed by atoms with E-state index < -0.39 is 0 Å². The lowest BCUT2D eigenvalue weighted by molar-refractivity contribution is -0.119. The molecule has 0 spiro atoms. The first-order valence-corrected chi connectivity index (χ1v) is 3.81. The largest absolute Gasteiger partial charge is 0.299 e. The summed E-state index contributed by atoms with van der Waals surface area (Å²) >= 11 is 0. The maximum absolute atomic E-state index is 11.0. The predicted molar refractivity (Wildman–Crippen MR) is 35.1 cm³/mol. The maximum atomic E-state index is 11.0. The van der Waals surface area contributed by atoms with E-state index in [9.17, 15) is 4.79 Å². The highest BCUT2D eigenvalue weighted by Crippen LogP contribution is 2.63. The monoisotopic (exact) mass is 124 g/mol. The third-order valence-electron chi connectivity index (χ3n) is 3.15. The quantitative estimate of drug-likeness (QED) is 0.520. The fraction of sp³-hybridized carbons (Fsp3) is 0.875. The number of rotatable bonds is 1. The first-order chi connectivity index (χ1) is 4.28. The van der Waals surface area contributed by atoms with Crippen molar-refractivity contribution in [3.63, 3.8) is 0 Å². The molecule has 2 atom stereocenters. The van der Waals surface area contributed by atoms with Crippen LogP contribution in [0.15, 0.2) is 0 Å². The van der Waals surface area contributed by atoms with Gasteiger partial charge in [0.05, 0.1) is 0 Å². The Morgan fingerprint density at radius 1 is 1.78 bits per heavy atom. The van der Waals surface area contributed by atoms with Gasteiger partial charge in [0, 0.05) is 12.3 Å². The molecular formula is C8H12O. The first kappa shape index (κ1) is 5.45. The third-order valence-corrected chi connectivity index (χ3v) is 3.15. The average Bonchev–Trinajstić information content (AvgIpc) is 2.53. The molecule has 2 rings (SSSR count). The molecule has 0 unspecified atom stereocenters. The second-order valence-electron chi connectivity index (χ2n) is 3.44. The van der Waals surface area contributed by atoms with Crippen molar-refractivity contribution < 1.29 is 4.79 Å². The zero-order chi connectivity index (χ0) is 6.48. The van der Waals surface area contributed by atoms with Gasteiger partial charge < -0.3 is 0 Å². The van der Waals surface area contributed by atoms with Gasteiger partial charge in [-0.25, -0.2) is 0 Å². The van der Waals surface area contributed by atoms with Gasteiger partial charge in [0.1, 0.15) is 5.78 Å². The Kier molecular flexibility index (Phi) is 0.842. The minimum Gasteiger partial charge on any atom is -0.299 e. The van der Waals surface area contributed by atoms with E-state index in [2.05, 4.69) is 6.92 Å². The summed E-state index contributed by atoms with van der Waals surface area (Å²) in [5.41, 5.74) is 0.525. The van der Waals surface area contributed by atoms with Crippen LogP contribution < -0.4 is 0 Å². The smallest absolute Gasteiger partial charge is 0.136 e. The van der Waals surface area contributed by atoms with Crippen molar-refractivity contribution in [2.24, 2.45) is 11.3 Å². The summed E-state index contributed by atoms with van der Waals surface area (Å²) in [6.07, 6.45) is 4.50. The topological polar surface area (TPSA) is 17.1 Å². The maximum Gasteiger partial charge on any atom is 0.136 e. The van der Waals surface area contributed by atoms with Gasteiger partial charge in [-0.2, -0.15) is 0 Å². The fourth-order valence-corrected chi connectivity index (χ4v) is 2.19. The average molecular weight is 124 g/mol. The van der Waals surface area contributed by atoms with E-state index in [1.54, 1.807) is 0 Å². The fourth-order valence-electron chi connectivity index (χ4n) is 2.19. The van der Waals surface area contributed by atoms with E-state index in [0.717, 1.165) is 6.42 Å². The summed E-state index contributed by atoms with van der Waals surface area (Å²) in [5.74, 6) is 1.04. The van der Waals surface area contributed by atoms with Crippen molar-refractivity contribution >= 4 is 5.78 Å². The molecule has 0 bridgehead atoms. The number of carbonyl (C=O) groups is 1. The zero-order valence-corrected chi connectivity index (χ0v) is 5.81. The van der Waals surface area contributed by atoms with Crippen LogP contribution in [0.2, 0.25) is 0 Å². The van der Waals surface area contributed by atoms with Crippen LogP contribution in [0.5, 0.6) is 0 Å². The molecular weight excluding hydrogens is 112 g/mol. The highest BCUT2D eigenvalue weighted by atomic mass is 16.1. The van der Waals surface area contributed by atoms with E-state index in [1.807, 2.05) is 0 Å². The Balaban J connectivity index is 2.17. The number of fused-ring (bicyclic) bond motifs is 1. The molecule has 1 heteroatoms. The zero-order valence-electron chi connectivity index (χ0n) is 5.81. The molecule has 0 saturated heterocycles. The molecule has 0 heterocycles. The predicted octanol–water partition coefficient (Wildman–Crippen LogP) is 1.77.